The lowest BCUT2D eigenvalue weighted by molar-refractivity contribution is -0.153. The van der Waals surface area contributed by atoms with E-state index in [0.29, 0.717) is 29.1 Å². The Morgan fingerprint density at radius 1 is 1.23 bits per heavy atom. The number of rotatable bonds is 8. The van der Waals surface area contributed by atoms with Crippen molar-refractivity contribution in [2.24, 2.45) is 0 Å². The third-order valence-electron chi connectivity index (χ3n) is 5.28. The Morgan fingerprint density at radius 3 is 2.63 bits per heavy atom. The SMILES string of the molecule is O=C1COCC(c2ccc(Cl)cc2)N1C(CO)CN(SC1CC1)c1ccccc1F. The van der Waals surface area contributed by atoms with Crippen LogP contribution in [0.1, 0.15) is 24.4 Å². The summed E-state index contributed by atoms with van der Waals surface area (Å²) in [5.74, 6) is -0.505. The standard InChI is InChI=1S/C22H24ClFN2O3S/c23-16-7-5-15(6-8-16)21-13-29-14-22(28)26(21)17(12-27)11-25(30-18-9-10-18)20-4-2-1-3-19(20)24/h1-8,17-18,21,27H,9-14H2. The molecule has 30 heavy (non-hydrogen) atoms. The number of aliphatic hydroxyl groups excluding tert-OH is 1. The number of aliphatic hydroxyl groups is 1. The second-order valence-electron chi connectivity index (χ2n) is 7.54. The van der Waals surface area contributed by atoms with E-state index in [1.165, 1.54) is 6.07 Å². The van der Waals surface area contributed by atoms with Gasteiger partial charge in [0.05, 0.1) is 37.5 Å². The molecule has 1 aliphatic heterocycles. The van der Waals surface area contributed by atoms with Gasteiger partial charge in [-0.25, -0.2) is 4.39 Å². The number of anilines is 1. The first-order valence-corrected chi connectivity index (χ1v) is 11.2. The van der Waals surface area contributed by atoms with Crippen LogP contribution >= 0.6 is 23.5 Å². The summed E-state index contributed by atoms with van der Waals surface area (Å²) in [6.45, 7) is 0.385. The minimum Gasteiger partial charge on any atom is -0.394 e. The highest BCUT2D eigenvalue weighted by atomic mass is 35.5. The van der Waals surface area contributed by atoms with Crippen molar-refractivity contribution in [3.8, 4) is 0 Å². The molecule has 1 saturated heterocycles. The summed E-state index contributed by atoms with van der Waals surface area (Å²) >= 11 is 7.60. The second-order valence-corrected chi connectivity index (χ2v) is 9.29. The number of halogens is 2. The molecule has 0 radical (unpaired) electrons. The van der Waals surface area contributed by atoms with Gasteiger partial charge in [-0.05, 0) is 54.6 Å². The van der Waals surface area contributed by atoms with Crippen molar-refractivity contribution in [1.82, 2.24) is 4.90 Å². The molecule has 2 atom stereocenters. The Morgan fingerprint density at radius 2 is 1.97 bits per heavy atom. The fourth-order valence-electron chi connectivity index (χ4n) is 3.62. The molecule has 4 rings (SSSR count). The van der Waals surface area contributed by atoms with Crippen LogP contribution in [0.2, 0.25) is 5.02 Å². The molecule has 1 N–H and O–H groups in total. The molecular formula is C22H24ClFN2O3S. The van der Waals surface area contributed by atoms with Crippen molar-refractivity contribution in [3.63, 3.8) is 0 Å². The van der Waals surface area contributed by atoms with Crippen LogP contribution in [0.3, 0.4) is 0 Å². The van der Waals surface area contributed by atoms with Gasteiger partial charge in [-0.2, -0.15) is 0 Å². The van der Waals surface area contributed by atoms with Gasteiger partial charge in [-0.1, -0.05) is 35.9 Å². The van der Waals surface area contributed by atoms with Crippen LogP contribution in [0.25, 0.3) is 0 Å². The molecule has 8 heteroatoms. The molecule has 0 spiro atoms. The summed E-state index contributed by atoms with van der Waals surface area (Å²) < 4.78 is 21.9. The molecule has 1 amide bonds. The number of morpholine rings is 1. The highest BCUT2D eigenvalue weighted by Crippen LogP contribution is 2.40. The second kappa shape index (κ2) is 9.56. The van der Waals surface area contributed by atoms with Crippen LogP contribution in [-0.4, -0.2) is 53.6 Å². The average molecular weight is 451 g/mol. The van der Waals surface area contributed by atoms with Crippen LogP contribution in [0.15, 0.2) is 48.5 Å². The number of amides is 1. The van der Waals surface area contributed by atoms with Crippen molar-refractivity contribution in [2.45, 2.75) is 30.2 Å². The lowest BCUT2D eigenvalue weighted by atomic mass is 10.0. The molecule has 1 heterocycles. The fourth-order valence-corrected chi connectivity index (χ4v) is 4.97. The molecule has 0 aromatic heterocycles. The molecule has 2 aliphatic rings. The first-order chi connectivity index (χ1) is 14.6. The van der Waals surface area contributed by atoms with Gasteiger partial charge >= 0.3 is 0 Å². The monoisotopic (exact) mass is 450 g/mol. The molecule has 2 fully saturated rings. The number of hydrogen-bond acceptors (Lipinski definition) is 5. The Balaban J connectivity index is 1.61. The van der Waals surface area contributed by atoms with E-state index >= 15 is 0 Å². The van der Waals surface area contributed by atoms with Crippen LogP contribution < -0.4 is 4.31 Å². The largest absolute Gasteiger partial charge is 0.394 e. The Kier molecular flexibility index (Phi) is 6.83. The van der Waals surface area contributed by atoms with Gasteiger partial charge in [0, 0.05) is 10.3 Å². The number of carbonyl (C=O) groups is 1. The van der Waals surface area contributed by atoms with Gasteiger partial charge < -0.3 is 19.0 Å². The molecule has 160 valence electrons. The van der Waals surface area contributed by atoms with Gasteiger partial charge in [0.25, 0.3) is 0 Å². The summed E-state index contributed by atoms with van der Waals surface area (Å²) in [4.78, 5) is 14.5. The summed E-state index contributed by atoms with van der Waals surface area (Å²) in [6.07, 6.45) is 2.17. The van der Waals surface area contributed by atoms with Crippen molar-refractivity contribution in [3.05, 3.63) is 64.9 Å². The zero-order valence-electron chi connectivity index (χ0n) is 16.4. The minimum atomic E-state index is -0.507. The van der Waals surface area contributed by atoms with E-state index in [-0.39, 0.29) is 31.0 Å². The quantitative estimate of drug-likeness (QED) is 0.615. The van der Waals surface area contributed by atoms with E-state index in [2.05, 4.69) is 0 Å². The smallest absolute Gasteiger partial charge is 0.249 e. The molecule has 0 bridgehead atoms. The molecule has 1 saturated carbocycles. The van der Waals surface area contributed by atoms with E-state index < -0.39 is 6.04 Å². The first kappa shape index (κ1) is 21.4. The maximum Gasteiger partial charge on any atom is 0.249 e. The van der Waals surface area contributed by atoms with Crippen LogP contribution in [0.4, 0.5) is 10.1 Å². The van der Waals surface area contributed by atoms with Crippen molar-refractivity contribution < 1.29 is 19.0 Å². The molecule has 2 aromatic rings. The predicted molar refractivity (Wildman–Crippen MR) is 117 cm³/mol. The number of nitrogens with zero attached hydrogens (tertiary/aromatic N) is 2. The lowest BCUT2D eigenvalue weighted by Crippen LogP contribution is -2.54. The maximum atomic E-state index is 14.5. The molecule has 2 aromatic carbocycles. The predicted octanol–water partition coefficient (Wildman–Crippen LogP) is 4.06. The Labute approximate surface area is 184 Å². The summed E-state index contributed by atoms with van der Waals surface area (Å²) in [5.41, 5.74) is 1.36. The van der Waals surface area contributed by atoms with Gasteiger partial charge in [0.1, 0.15) is 12.4 Å². The van der Waals surface area contributed by atoms with E-state index in [1.54, 1.807) is 47.2 Å². The topological polar surface area (TPSA) is 53.0 Å². The first-order valence-electron chi connectivity index (χ1n) is 10.0. The Bertz CT molecular complexity index is 881. The third-order valence-corrected chi connectivity index (χ3v) is 6.90. The highest BCUT2D eigenvalue weighted by Gasteiger charge is 2.37. The van der Waals surface area contributed by atoms with Gasteiger partial charge in [0.15, 0.2) is 0 Å². The maximum absolute atomic E-state index is 14.5. The Hall–Kier alpha value is -1.80. The summed E-state index contributed by atoms with van der Waals surface area (Å²) in [6, 6.07) is 13.0. The van der Waals surface area contributed by atoms with Gasteiger partial charge in [-0.15, -0.1) is 0 Å². The lowest BCUT2D eigenvalue weighted by Gasteiger charge is -2.42. The van der Waals surface area contributed by atoms with E-state index in [9.17, 15) is 14.3 Å². The van der Waals surface area contributed by atoms with E-state index in [0.717, 1.165) is 18.4 Å². The molecule has 2 unspecified atom stereocenters. The van der Waals surface area contributed by atoms with Crippen molar-refractivity contribution in [2.75, 3.05) is 30.7 Å². The summed E-state index contributed by atoms with van der Waals surface area (Å²) in [5, 5.41) is 11.3. The minimum absolute atomic E-state index is 0.0317. The highest BCUT2D eigenvalue weighted by molar-refractivity contribution is 8.01. The zero-order valence-corrected chi connectivity index (χ0v) is 18.0. The van der Waals surface area contributed by atoms with Crippen molar-refractivity contribution in [1.29, 1.82) is 0 Å². The molecule has 5 nitrogen and oxygen atoms in total. The van der Waals surface area contributed by atoms with E-state index in [4.69, 9.17) is 16.3 Å². The number of hydrogen-bond donors (Lipinski definition) is 1. The van der Waals surface area contributed by atoms with Crippen LogP contribution in [-0.2, 0) is 9.53 Å². The molecule has 1 aliphatic carbocycles. The number of para-hydroxylation sites is 1. The van der Waals surface area contributed by atoms with Crippen LogP contribution in [0.5, 0.6) is 0 Å². The average Bonchev–Trinajstić information content (AvgIpc) is 3.56. The van der Waals surface area contributed by atoms with Gasteiger partial charge in [0.2, 0.25) is 5.91 Å². The number of benzene rings is 2. The van der Waals surface area contributed by atoms with E-state index in [1.807, 2.05) is 16.4 Å². The van der Waals surface area contributed by atoms with Crippen LogP contribution in [0, 0.1) is 5.82 Å². The van der Waals surface area contributed by atoms with Crippen molar-refractivity contribution >= 4 is 35.1 Å². The van der Waals surface area contributed by atoms with Gasteiger partial charge in [-0.3, -0.25) is 4.79 Å². The third kappa shape index (κ3) is 4.91. The number of ether oxygens (including phenoxy) is 1. The fraction of sp³-hybridized carbons (Fsp3) is 0.409. The summed E-state index contributed by atoms with van der Waals surface area (Å²) in [7, 11) is 0. The zero-order chi connectivity index (χ0) is 21.1. The number of carbonyl (C=O) groups excluding carboxylic acids is 1. The normalized spacial score (nSPS) is 20.3. The molecular weight excluding hydrogens is 427 g/mol.